The molecular weight excluding hydrogens is 249 g/mol. The van der Waals surface area contributed by atoms with Crippen LogP contribution in [-0.4, -0.2) is 25.1 Å². The third-order valence-electron chi connectivity index (χ3n) is 1.96. The normalized spacial score (nSPS) is 15.4. The van der Waals surface area contributed by atoms with Gasteiger partial charge in [0.2, 0.25) is 0 Å². The molecule has 0 radical (unpaired) electrons. The lowest BCUT2D eigenvalue weighted by Gasteiger charge is -2.16. The van der Waals surface area contributed by atoms with Crippen LogP contribution in [0.1, 0.15) is 0 Å². The molecule has 0 unspecified atom stereocenters. The van der Waals surface area contributed by atoms with Crippen molar-refractivity contribution in [3.63, 3.8) is 0 Å². The molecule has 0 fully saturated rings. The Kier molecular flexibility index (Phi) is 2.41. The quantitative estimate of drug-likeness (QED) is 0.769. The maximum absolute atomic E-state index is 13.5. The molecule has 0 aromatic heterocycles. The first-order valence-corrected chi connectivity index (χ1v) is 4.93. The molecule has 0 amide bonds. The summed E-state index contributed by atoms with van der Waals surface area (Å²) in [5, 5.41) is 5.75. The van der Waals surface area contributed by atoms with E-state index in [0.29, 0.717) is 12.4 Å². The van der Waals surface area contributed by atoms with Crippen molar-refractivity contribution in [2.45, 2.75) is 0 Å². The Hall–Kier alpha value is -1.10. The van der Waals surface area contributed by atoms with Crippen LogP contribution in [0.25, 0.3) is 0 Å². The van der Waals surface area contributed by atoms with Crippen LogP contribution in [0.15, 0.2) is 27.8 Å². The second-order valence-corrected chi connectivity index (χ2v) is 4.01. The zero-order chi connectivity index (χ0) is 10.1. The summed E-state index contributed by atoms with van der Waals surface area (Å²) in [7, 11) is 1.84. The summed E-state index contributed by atoms with van der Waals surface area (Å²) in [4.78, 5) is 1.75. The molecule has 0 saturated heterocycles. The van der Waals surface area contributed by atoms with Gasteiger partial charge in [0.1, 0.15) is 18.8 Å². The summed E-state index contributed by atoms with van der Waals surface area (Å²) >= 11 is 3.21. The number of benzene rings is 1. The van der Waals surface area contributed by atoms with Crippen LogP contribution in [0.4, 0.5) is 10.1 Å². The lowest BCUT2D eigenvalue weighted by atomic mass is 10.3. The Labute approximate surface area is 89.9 Å². The molecule has 3 nitrogen and oxygen atoms in total. The van der Waals surface area contributed by atoms with E-state index in [1.807, 2.05) is 13.1 Å². The molecule has 1 aromatic carbocycles. The van der Waals surface area contributed by atoms with Crippen LogP contribution in [0.5, 0.6) is 0 Å². The van der Waals surface area contributed by atoms with Gasteiger partial charge in [-0.1, -0.05) is 15.9 Å². The first kappa shape index (κ1) is 9.45. The first-order valence-electron chi connectivity index (χ1n) is 4.14. The Bertz CT molecular complexity index is 380. The smallest absolute Gasteiger partial charge is 0.148 e. The van der Waals surface area contributed by atoms with Crippen molar-refractivity contribution >= 4 is 28.0 Å². The minimum absolute atomic E-state index is 0.249. The van der Waals surface area contributed by atoms with Gasteiger partial charge in [-0.2, -0.15) is 5.10 Å². The number of nitrogens with zero attached hydrogens (tertiary/aromatic N) is 3. The van der Waals surface area contributed by atoms with Crippen molar-refractivity contribution in [1.82, 2.24) is 5.01 Å². The highest BCUT2D eigenvalue weighted by atomic mass is 79.9. The predicted molar refractivity (Wildman–Crippen MR) is 57.7 cm³/mol. The Morgan fingerprint density at radius 1 is 1.50 bits per heavy atom. The third kappa shape index (κ3) is 1.72. The highest BCUT2D eigenvalue weighted by molar-refractivity contribution is 9.10. The molecule has 0 aliphatic carbocycles. The fourth-order valence-electron chi connectivity index (χ4n) is 1.30. The summed E-state index contributed by atoms with van der Waals surface area (Å²) in [6.45, 7) is 0.582. The van der Waals surface area contributed by atoms with Crippen molar-refractivity contribution in [1.29, 1.82) is 0 Å². The van der Waals surface area contributed by atoms with Gasteiger partial charge in [-0.05, 0) is 18.2 Å². The number of anilines is 1. The molecule has 1 aliphatic rings. The van der Waals surface area contributed by atoms with E-state index < -0.39 is 0 Å². The minimum atomic E-state index is -0.249. The Morgan fingerprint density at radius 3 is 2.86 bits per heavy atom. The lowest BCUT2D eigenvalue weighted by Crippen LogP contribution is -2.24. The van der Waals surface area contributed by atoms with E-state index in [-0.39, 0.29) is 5.82 Å². The Balaban J connectivity index is 2.29. The summed E-state index contributed by atoms with van der Waals surface area (Å²) in [6, 6.07) is 4.98. The number of rotatable bonds is 1. The molecule has 74 valence electrons. The largest absolute Gasteiger partial charge is 0.308 e. The van der Waals surface area contributed by atoms with Crippen LogP contribution in [-0.2, 0) is 0 Å². The monoisotopic (exact) mass is 257 g/mol. The average Bonchev–Trinajstić information content (AvgIpc) is 2.51. The fourth-order valence-corrected chi connectivity index (χ4v) is 1.63. The van der Waals surface area contributed by atoms with E-state index in [2.05, 4.69) is 21.0 Å². The number of halogens is 2. The molecule has 0 N–H and O–H groups in total. The van der Waals surface area contributed by atoms with Gasteiger partial charge in [0.05, 0.1) is 5.69 Å². The predicted octanol–water partition coefficient (Wildman–Crippen LogP) is 2.24. The van der Waals surface area contributed by atoms with Gasteiger partial charge >= 0.3 is 0 Å². The summed E-state index contributed by atoms with van der Waals surface area (Å²) < 4.78 is 14.2. The summed E-state index contributed by atoms with van der Waals surface area (Å²) in [5.41, 5.74) is 0.543. The number of hydrazone groups is 1. The van der Waals surface area contributed by atoms with Gasteiger partial charge in [0, 0.05) is 11.5 Å². The standard InChI is InChI=1S/C9H9BrFN3/c1-13-6-14(5-12-13)9-3-2-7(10)4-8(9)11/h2-5H,6H2,1H3. The molecular formula is C9H9BrFN3. The zero-order valence-electron chi connectivity index (χ0n) is 7.61. The maximum Gasteiger partial charge on any atom is 0.148 e. The second-order valence-electron chi connectivity index (χ2n) is 3.10. The molecule has 14 heavy (non-hydrogen) atoms. The fraction of sp³-hybridized carbons (Fsp3) is 0.222. The molecule has 2 rings (SSSR count). The van der Waals surface area contributed by atoms with Gasteiger partial charge in [-0.25, -0.2) is 4.39 Å². The molecule has 0 bridgehead atoms. The van der Waals surface area contributed by atoms with Crippen LogP contribution in [0.2, 0.25) is 0 Å². The van der Waals surface area contributed by atoms with Crippen molar-refractivity contribution in [2.24, 2.45) is 5.10 Å². The molecule has 0 saturated carbocycles. The SMILES string of the molecule is CN1CN(c2ccc(Br)cc2F)C=N1. The van der Waals surface area contributed by atoms with Crippen molar-refractivity contribution < 1.29 is 4.39 Å². The zero-order valence-corrected chi connectivity index (χ0v) is 9.20. The van der Waals surface area contributed by atoms with Gasteiger partial charge in [-0.3, -0.25) is 5.01 Å². The highest BCUT2D eigenvalue weighted by Crippen LogP contribution is 2.23. The summed E-state index contributed by atoms with van der Waals surface area (Å²) in [5.74, 6) is -0.249. The second kappa shape index (κ2) is 3.57. The van der Waals surface area contributed by atoms with E-state index in [9.17, 15) is 4.39 Å². The summed E-state index contributed by atoms with van der Waals surface area (Å²) in [6.07, 6.45) is 1.62. The topological polar surface area (TPSA) is 18.8 Å². The molecule has 1 heterocycles. The van der Waals surface area contributed by atoms with Gasteiger partial charge < -0.3 is 4.90 Å². The van der Waals surface area contributed by atoms with Crippen LogP contribution in [0, 0.1) is 5.82 Å². The van der Waals surface area contributed by atoms with E-state index >= 15 is 0 Å². The number of hydrogen-bond acceptors (Lipinski definition) is 3. The number of hydrogen-bond donors (Lipinski definition) is 0. The molecule has 0 atom stereocenters. The molecule has 1 aliphatic heterocycles. The van der Waals surface area contributed by atoms with Crippen LogP contribution >= 0.6 is 15.9 Å². The lowest BCUT2D eigenvalue weighted by molar-refractivity contribution is 0.392. The van der Waals surface area contributed by atoms with E-state index in [4.69, 9.17) is 0 Å². The van der Waals surface area contributed by atoms with E-state index in [1.54, 1.807) is 22.3 Å². The van der Waals surface area contributed by atoms with Crippen LogP contribution in [0.3, 0.4) is 0 Å². The average molecular weight is 258 g/mol. The van der Waals surface area contributed by atoms with Crippen molar-refractivity contribution in [3.05, 3.63) is 28.5 Å². The van der Waals surface area contributed by atoms with Crippen LogP contribution < -0.4 is 4.90 Å². The van der Waals surface area contributed by atoms with Crippen molar-refractivity contribution in [2.75, 3.05) is 18.6 Å². The Morgan fingerprint density at radius 2 is 2.29 bits per heavy atom. The molecule has 1 aromatic rings. The third-order valence-corrected chi connectivity index (χ3v) is 2.46. The highest BCUT2D eigenvalue weighted by Gasteiger charge is 2.15. The first-order chi connectivity index (χ1) is 6.66. The van der Waals surface area contributed by atoms with Gasteiger partial charge in [-0.15, -0.1) is 0 Å². The minimum Gasteiger partial charge on any atom is -0.308 e. The molecule has 5 heteroatoms. The molecule has 0 spiro atoms. The van der Waals surface area contributed by atoms with Crippen molar-refractivity contribution in [3.8, 4) is 0 Å². The van der Waals surface area contributed by atoms with Gasteiger partial charge in [0.25, 0.3) is 0 Å². The maximum atomic E-state index is 13.5. The van der Waals surface area contributed by atoms with E-state index in [1.165, 1.54) is 6.07 Å². The van der Waals surface area contributed by atoms with Gasteiger partial charge in [0.15, 0.2) is 0 Å². The van der Waals surface area contributed by atoms with E-state index in [0.717, 1.165) is 4.47 Å².